The van der Waals surface area contributed by atoms with E-state index in [1.807, 2.05) is 39.6 Å². The first-order chi connectivity index (χ1) is 16.5. The summed E-state index contributed by atoms with van der Waals surface area (Å²) in [6, 6.07) is 9.83. The van der Waals surface area contributed by atoms with Crippen molar-refractivity contribution in [3.05, 3.63) is 46.9 Å². The molecule has 5 rings (SSSR count). The van der Waals surface area contributed by atoms with Gasteiger partial charge in [0.1, 0.15) is 5.82 Å². The predicted octanol–water partition coefficient (Wildman–Crippen LogP) is 5.44. The minimum absolute atomic E-state index is 0.00114. The highest BCUT2D eigenvalue weighted by Crippen LogP contribution is 2.39. The van der Waals surface area contributed by atoms with Gasteiger partial charge in [0.2, 0.25) is 5.91 Å². The molecule has 2 aliphatic rings. The molecule has 34 heavy (non-hydrogen) atoms. The summed E-state index contributed by atoms with van der Waals surface area (Å²) in [6.45, 7) is 4.51. The standard InChI is InChI=1S/C26H33N5O2S/c1-17-8-7-13-22(18(17)2)30-25(33)20-11-5-6-12-21(20)28-26(30)34-16-24(32)29-23-14-15-27-31(23)19-9-3-4-10-19/h5-6,11-12,14-15,17-19,22H,3-4,7-10,13,16H2,1-2H3,(H,29,32)/t17-,18+,22-/m1/s1. The minimum atomic E-state index is -0.108. The van der Waals surface area contributed by atoms with Gasteiger partial charge in [0.05, 0.1) is 28.9 Å². The molecule has 0 aliphatic heterocycles. The quantitative estimate of drug-likeness (QED) is 0.376. The maximum Gasteiger partial charge on any atom is 0.262 e. The molecule has 3 aromatic rings. The molecule has 180 valence electrons. The summed E-state index contributed by atoms with van der Waals surface area (Å²) >= 11 is 1.35. The van der Waals surface area contributed by atoms with Gasteiger partial charge in [-0.1, -0.05) is 63.4 Å². The summed E-state index contributed by atoms with van der Waals surface area (Å²) in [6.07, 6.45) is 9.61. The SMILES string of the molecule is C[C@H]1[C@H](C)CCC[C@H]1n1c(SCC(=O)Nc2ccnn2C2CCCC2)nc2ccccc2c1=O. The van der Waals surface area contributed by atoms with Crippen molar-refractivity contribution >= 4 is 34.4 Å². The second-order valence-corrected chi connectivity index (χ2v) is 10.8. The highest BCUT2D eigenvalue weighted by atomic mass is 32.2. The monoisotopic (exact) mass is 479 g/mol. The molecule has 0 saturated heterocycles. The van der Waals surface area contributed by atoms with E-state index in [1.165, 1.54) is 31.0 Å². The van der Waals surface area contributed by atoms with Crippen molar-refractivity contribution < 1.29 is 4.79 Å². The van der Waals surface area contributed by atoms with Crippen molar-refractivity contribution in [1.29, 1.82) is 0 Å². The van der Waals surface area contributed by atoms with E-state index in [0.717, 1.165) is 31.5 Å². The third kappa shape index (κ3) is 4.52. The number of thioether (sulfide) groups is 1. The van der Waals surface area contributed by atoms with Gasteiger partial charge in [-0.2, -0.15) is 5.10 Å². The average Bonchev–Trinajstić information content (AvgIpc) is 3.52. The summed E-state index contributed by atoms with van der Waals surface area (Å²) in [5.74, 6) is 1.76. The zero-order valence-electron chi connectivity index (χ0n) is 19.9. The van der Waals surface area contributed by atoms with Gasteiger partial charge < -0.3 is 5.32 Å². The summed E-state index contributed by atoms with van der Waals surface area (Å²) < 4.78 is 3.83. The second-order valence-electron chi connectivity index (χ2n) is 9.86. The predicted molar refractivity (Wildman–Crippen MR) is 136 cm³/mol. The molecule has 0 spiro atoms. The number of hydrogen-bond acceptors (Lipinski definition) is 5. The minimum Gasteiger partial charge on any atom is -0.310 e. The van der Waals surface area contributed by atoms with Crippen LogP contribution in [0.25, 0.3) is 10.9 Å². The van der Waals surface area contributed by atoms with Gasteiger partial charge in [0.15, 0.2) is 5.16 Å². The fourth-order valence-electron chi connectivity index (χ4n) is 5.60. The van der Waals surface area contributed by atoms with Crippen LogP contribution in [0.5, 0.6) is 0 Å². The number of nitrogens with zero attached hydrogens (tertiary/aromatic N) is 4. The number of nitrogens with one attached hydrogen (secondary N) is 1. The van der Waals surface area contributed by atoms with Crippen LogP contribution in [0.4, 0.5) is 5.82 Å². The third-order valence-corrected chi connectivity index (χ3v) is 8.66. The maximum absolute atomic E-state index is 13.6. The molecule has 3 atom stereocenters. The Kier molecular flexibility index (Phi) is 6.77. The highest BCUT2D eigenvalue weighted by Gasteiger charge is 2.31. The van der Waals surface area contributed by atoms with Crippen LogP contribution < -0.4 is 10.9 Å². The number of fused-ring (bicyclic) bond motifs is 1. The van der Waals surface area contributed by atoms with Gasteiger partial charge >= 0.3 is 0 Å². The van der Waals surface area contributed by atoms with Crippen LogP contribution in [0.3, 0.4) is 0 Å². The number of hydrogen-bond donors (Lipinski definition) is 1. The van der Waals surface area contributed by atoms with Crippen molar-refractivity contribution in [2.24, 2.45) is 11.8 Å². The second kappa shape index (κ2) is 9.94. The smallest absolute Gasteiger partial charge is 0.262 e. The van der Waals surface area contributed by atoms with E-state index >= 15 is 0 Å². The number of rotatable bonds is 6. The molecule has 1 amide bonds. The lowest BCUT2D eigenvalue weighted by molar-refractivity contribution is -0.113. The fraction of sp³-hybridized carbons (Fsp3) is 0.538. The van der Waals surface area contributed by atoms with Crippen LogP contribution in [0.1, 0.15) is 70.9 Å². The lowest BCUT2D eigenvalue weighted by Crippen LogP contribution is -2.35. The van der Waals surface area contributed by atoms with Gasteiger partial charge in [0.25, 0.3) is 5.56 Å². The lowest BCUT2D eigenvalue weighted by atomic mass is 9.78. The molecular formula is C26H33N5O2S. The summed E-state index contributed by atoms with van der Waals surface area (Å²) in [5, 5.41) is 8.75. The molecule has 2 heterocycles. The molecule has 0 radical (unpaired) electrons. The van der Waals surface area contributed by atoms with Gasteiger partial charge in [-0.3, -0.25) is 14.2 Å². The van der Waals surface area contributed by atoms with Crippen LogP contribution in [0.15, 0.2) is 46.5 Å². The van der Waals surface area contributed by atoms with E-state index in [4.69, 9.17) is 4.98 Å². The maximum atomic E-state index is 13.6. The molecule has 0 unspecified atom stereocenters. The number of carbonyl (C=O) groups is 1. The number of carbonyl (C=O) groups excluding carboxylic acids is 1. The molecule has 2 fully saturated rings. The van der Waals surface area contributed by atoms with Crippen LogP contribution in [-0.4, -0.2) is 31.0 Å². The van der Waals surface area contributed by atoms with Crippen LogP contribution in [-0.2, 0) is 4.79 Å². The Morgan fingerprint density at radius 2 is 1.88 bits per heavy atom. The van der Waals surface area contributed by atoms with Crippen molar-refractivity contribution in [1.82, 2.24) is 19.3 Å². The first-order valence-electron chi connectivity index (χ1n) is 12.5. The molecule has 2 aromatic heterocycles. The number of benzene rings is 1. The number of para-hydroxylation sites is 1. The van der Waals surface area contributed by atoms with Crippen molar-refractivity contribution in [2.75, 3.05) is 11.1 Å². The van der Waals surface area contributed by atoms with E-state index in [2.05, 4.69) is 24.3 Å². The van der Waals surface area contributed by atoms with E-state index in [0.29, 0.717) is 33.9 Å². The summed E-state index contributed by atoms with van der Waals surface area (Å²) in [4.78, 5) is 31.4. The van der Waals surface area contributed by atoms with E-state index < -0.39 is 0 Å². The number of amides is 1. The van der Waals surface area contributed by atoms with E-state index in [-0.39, 0.29) is 23.3 Å². The van der Waals surface area contributed by atoms with Crippen molar-refractivity contribution in [3.8, 4) is 0 Å². The third-order valence-electron chi connectivity index (χ3n) is 7.71. The van der Waals surface area contributed by atoms with Gasteiger partial charge in [-0.05, 0) is 43.2 Å². The topological polar surface area (TPSA) is 81.8 Å². The largest absolute Gasteiger partial charge is 0.310 e. The van der Waals surface area contributed by atoms with Crippen molar-refractivity contribution in [2.45, 2.75) is 76.0 Å². The van der Waals surface area contributed by atoms with Crippen LogP contribution in [0, 0.1) is 11.8 Å². The molecule has 0 bridgehead atoms. The molecule has 2 saturated carbocycles. The summed E-state index contributed by atoms with van der Waals surface area (Å²) in [7, 11) is 0. The Morgan fingerprint density at radius 3 is 2.71 bits per heavy atom. The Labute approximate surface area is 204 Å². The van der Waals surface area contributed by atoms with Gasteiger partial charge in [-0.25, -0.2) is 9.67 Å². The normalized spacial score (nSPS) is 23.4. The summed E-state index contributed by atoms with van der Waals surface area (Å²) in [5.41, 5.74) is 0.682. The van der Waals surface area contributed by atoms with E-state index in [1.54, 1.807) is 6.20 Å². The Balaban J connectivity index is 1.39. The molecule has 1 N–H and O–H groups in total. The molecule has 8 heteroatoms. The van der Waals surface area contributed by atoms with Crippen LogP contribution in [0.2, 0.25) is 0 Å². The zero-order valence-corrected chi connectivity index (χ0v) is 20.8. The number of anilines is 1. The van der Waals surface area contributed by atoms with Gasteiger partial charge in [0, 0.05) is 12.1 Å². The molecular weight excluding hydrogens is 446 g/mol. The Bertz CT molecular complexity index is 1230. The molecule has 2 aliphatic carbocycles. The Morgan fingerprint density at radius 1 is 1.09 bits per heavy atom. The molecule has 1 aromatic carbocycles. The van der Waals surface area contributed by atoms with Crippen molar-refractivity contribution in [3.63, 3.8) is 0 Å². The fourth-order valence-corrected chi connectivity index (χ4v) is 6.45. The molecule has 7 nitrogen and oxygen atoms in total. The number of aromatic nitrogens is 4. The Hall–Kier alpha value is -2.61. The first-order valence-corrected chi connectivity index (χ1v) is 13.5. The average molecular weight is 480 g/mol. The van der Waals surface area contributed by atoms with Gasteiger partial charge in [-0.15, -0.1) is 0 Å². The highest BCUT2D eigenvalue weighted by molar-refractivity contribution is 7.99. The van der Waals surface area contributed by atoms with E-state index in [9.17, 15) is 9.59 Å². The lowest BCUT2D eigenvalue weighted by Gasteiger charge is -2.36. The first kappa shape index (κ1) is 23.1. The van der Waals surface area contributed by atoms with Crippen LogP contribution >= 0.6 is 11.8 Å². The zero-order chi connectivity index (χ0) is 23.7.